The van der Waals surface area contributed by atoms with Crippen molar-refractivity contribution in [1.82, 2.24) is 5.32 Å². The second-order valence-electron chi connectivity index (χ2n) is 7.10. The molecular weight excluding hydrogens is 440 g/mol. The first-order valence-electron chi connectivity index (χ1n) is 10.0. The number of thioether (sulfide) groups is 1. The second-order valence-corrected chi connectivity index (χ2v) is 8.58. The molecule has 0 aliphatic heterocycles. The van der Waals surface area contributed by atoms with E-state index in [1.807, 2.05) is 48.5 Å². The Labute approximate surface area is 195 Å². The Morgan fingerprint density at radius 3 is 2.62 bits per heavy atom. The summed E-state index contributed by atoms with van der Waals surface area (Å²) in [5.74, 6) is 0.831. The lowest BCUT2D eigenvalue weighted by atomic mass is 9.95. The lowest BCUT2D eigenvalue weighted by Gasteiger charge is -2.15. The number of hydrogen-bond donors (Lipinski definition) is 2. The monoisotopic (exact) mass is 460 g/mol. The third-order valence-electron chi connectivity index (χ3n) is 5.05. The van der Waals surface area contributed by atoms with Crippen LogP contribution in [0, 0.1) is 5.41 Å². The zero-order valence-corrected chi connectivity index (χ0v) is 19.0. The molecule has 4 nitrogen and oxygen atoms in total. The van der Waals surface area contributed by atoms with Crippen molar-refractivity contribution < 1.29 is 4.42 Å². The summed E-state index contributed by atoms with van der Waals surface area (Å²) in [7, 11) is 1.79. The zero-order valence-electron chi connectivity index (χ0n) is 17.4. The molecule has 3 aromatic carbocycles. The van der Waals surface area contributed by atoms with Crippen LogP contribution in [0.25, 0.3) is 27.8 Å². The molecule has 0 unspecified atom stereocenters. The molecule has 0 aliphatic rings. The Hall–Kier alpha value is -3.28. The number of allylic oxidation sites excluding steroid dienone is 1. The van der Waals surface area contributed by atoms with Gasteiger partial charge in [0.2, 0.25) is 0 Å². The Morgan fingerprint density at radius 2 is 1.88 bits per heavy atom. The Bertz CT molecular complexity index is 1360. The third-order valence-corrected chi connectivity index (χ3v) is 6.35. The van der Waals surface area contributed by atoms with Crippen molar-refractivity contribution in [3.8, 4) is 11.1 Å². The highest BCUT2D eigenvalue weighted by Crippen LogP contribution is 2.35. The van der Waals surface area contributed by atoms with Gasteiger partial charge in [-0.15, -0.1) is 11.8 Å². The van der Waals surface area contributed by atoms with Crippen LogP contribution in [0.5, 0.6) is 0 Å². The van der Waals surface area contributed by atoms with E-state index in [9.17, 15) is 4.79 Å². The molecule has 160 valence electrons. The summed E-state index contributed by atoms with van der Waals surface area (Å²) in [5.41, 5.74) is 4.48. The van der Waals surface area contributed by atoms with Gasteiger partial charge in [0, 0.05) is 57.2 Å². The van der Waals surface area contributed by atoms with Crippen molar-refractivity contribution in [2.75, 3.05) is 7.05 Å². The molecule has 0 fully saturated rings. The topological polar surface area (TPSA) is 66.1 Å². The minimum Gasteiger partial charge on any atom is -0.423 e. The molecule has 6 heteroatoms. The van der Waals surface area contributed by atoms with Gasteiger partial charge in [0.25, 0.3) is 0 Å². The molecule has 32 heavy (non-hydrogen) atoms. The first kappa shape index (κ1) is 21.9. The van der Waals surface area contributed by atoms with Crippen molar-refractivity contribution in [2.45, 2.75) is 10.6 Å². The molecule has 0 saturated carbocycles. The van der Waals surface area contributed by atoms with Gasteiger partial charge in [0.15, 0.2) is 0 Å². The van der Waals surface area contributed by atoms with Crippen molar-refractivity contribution in [1.29, 1.82) is 5.41 Å². The number of fused-ring (bicyclic) bond motifs is 1. The van der Waals surface area contributed by atoms with E-state index in [1.54, 1.807) is 31.0 Å². The fourth-order valence-corrected chi connectivity index (χ4v) is 4.61. The molecule has 1 heterocycles. The number of rotatable bonds is 7. The van der Waals surface area contributed by atoms with Gasteiger partial charge < -0.3 is 15.1 Å². The second kappa shape index (κ2) is 9.90. The number of hydrogen-bond acceptors (Lipinski definition) is 5. The van der Waals surface area contributed by atoms with Crippen molar-refractivity contribution in [3.05, 3.63) is 105 Å². The summed E-state index contributed by atoms with van der Waals surface area (Å²) in [6.07, 6.45) is 2.87. The zero-order chi connectivity index (χ0) is 22.5. The van der Waals surface area contributed by atoms with Crippen molar-refractivity contribution >= 4 is 46.2 Å². The van der Waals surface area contributed by atoms with Gasteiger partial charge in [-0.25, -0.2) is 4.79 Å². The SMILES string of the molecule is CN/C(=C\C=N)c1cc(Cl)ccc1-c1cc(=O)oc2cc(SCc3ccccc3)ccc12. The van der Waals surface area contributed by atoms with Crippen LogP contribution in [-0.4, -0.2) is 13.3 Å². The molecule has 0 radical (unpaired) electrons. The standard InChI is InChI=1S/C26H21ClN2O2S/c1-29-24(11-12-28)23-13-18(27)7-9-20(23)22-15-26(30)31-25-14-19(8-10-21(22)25)32-16-17-5-3-2-4-6-17/h2-15,28-29H,16H2,1H3/b24-11-,28-12?. The van der Waals surface area contributed by atoms with E-state index >= 15 is 0 Å². The maximum absolute atomic E-state index is 12.4. The molecule has 1 aromatic heterocycles. The van der Waals surface area contributed by atoms with Gasteiger partial charge >= 0.3 is 5.63 Å². The van der Waals surface area contributed by atoms with E-state index in [0.29, 0.717) is 10.6 Å². The summed E-state index contributed by atoms with van der Waals surface area (Å²) in [6, 6.07) is 23.2. The summed E-state index contributed by atoms with van der Waals surface area (Å²) in [5, 5.41) is 12.0. The summed E-state index contributed by atoms with van der Waals surface area (Å²) in [6.45, 7) is 0. The molecule has 4 aromatic rings. The molecule has 0 bridgehead atoms. The predicted molar refractivity (Wildman–Crippen MR) is 135 cm³/mol. The quantitative estimate of drug-likeness (QED) is 0.185. The highest BCUT2D eigenvalue weighted by molar-refractivity contribution is 7.98. The Morgan fingerprint density at radius 1 is 1.06 bits per heavy atom. The van der Waals surface area contributed by atoms with Crippen LogP contribution in [-0.2, 0) is 5.75 Å². The number of benzene rings is 3. The molecule has 0 aliphatic carbocycles. The molecule has 0 spiro atoms. The summed E-state index contributed by atoms with van der Waals surface area (Å²) in [4.78, 5) is 13.5. The van der Waals surface area contributed by atoms with Crippen LogP contribution in [0.3, 0.4) is 0 Å². The average molecular weight is 461 g/mol. The minimum absolute atomic E-state index is 0.416. The lowest BCUT2D eigenvalue weighted by Crippen LogP contribution is -2.07. The van der Waals surface area contributed by atoms with E-state index in [4.69, 9.17) is 21.4 Å². The van der Waals surface area contributed by atoms with E-state index in [0.717, 1.165) is 38.4 Å². The smallest absolute Gasteiger partial charge is 0.336 e. The third kappa shape index (κ3) is 4.79. The minimum atomic E-state index is -0.416. The first-order valence-corrected chi connectivity index (χ1v) is 11.4. The van der Waals surface area contributed by atoms with E-state index in [-0.39, 0.29) is 0 Å². The van der Waals surface area contributed by atoms with Crippen LogP contribution in [0.2, 0.25) is 5.02 Å². The van der Waals surface area contributed by atoms with Gasteiger partial charge in [-0.3, -0.25) is 0 Å². The van der Waals surface area contributed by atoms with Crippen molar-refractivity contribution in [3.63, 3.8) is 0 Å². The number of nitrogens with one attached hydrogen (secondary N) is 2. The van der Waals surface area contributed by atoms with E-state index in [1.165, 1.54) is 17.8 Å². The largest absolute Gasteiger partial charge is 0.423 e. The normalized spacial score (nSPS) is 11.5. The summed E-state index contributed by atoms with van der Waals surface area (Å²) < 4.78 is 5.55. The van der Waals surface area contributed by atoms with Crippen LogP contribution in [0.15, 0.2) is 93.0 Å². The highest BCUT2D eigenvalue weighted by Gasteiger charge is 2.15. The van der Waals surface area contributed by atoms with Gasteiger partial charge in [0.05, 0.1) is 0 Å². The van der Waals surface area contributed by atoms with Gasteiger partial charge in [0.1, 0.15) is 5.58 Å². The van der Waals surface area contributed by atoms with Crippen molar-refractivity contribution in [2.24, 2.45) is 0 Å². The molecule has 0 saturated heterocycles. The van der Waals surface area contributed by atoms with Crippen LogP contribution in [0.1, 0.15) is 11.1 Å². The lowest BCUT2D eigenvalue weighted by molar-refractivity contribution is 0.561. The molecular formula is C26H21ClN2O2S. The molecule has 0 atom stereocenters. The van der Waals surface area contributed by atoms with Crippen LogP contribution in [0.4, 0.5) is 0 Å². The fraction of sp³-hybridized carbons (Fsp3) is 0.0769. The maximum atomic E-state index is 12.4. The fourth-order valence-electron chi connectivity index (χ4n) is 3.56. The van der Waals surface area contributed by atoms with Gasteiger partial charge in [-0.05, 0) is 47.5 Å². The van der Waals surface area contributed by atoms with Gasteiger partial charge in [-0.1, -0.05) is 48.0 Å². The molecule has 0 amide bonds. The Balaban J connectivity index is 1.80. The highest BCUT2D eigenvalue weighted by atomic mass is 35.5. The van der Waals surface area contributed by atoms with Crippen LogP contribution >= 0.6 is 23.4 Å². The predicted octanol–water partition coefficient (Wildman–Crippen LogP) is 6.62. The maximum Gasteiger partial charge on any atom is 0.336 e. The van der Waals surface area contributed by atoms with E-state index < -0.39 is 5.63 Å². The number of halogens is 1. The molecule has 4 rings (SSSR count). The van der Waals surface area contributed by atoms with Crippen LogP contribution < -0.4 is 10.9 Å². The average Bonchev–Trinajstić information content (AvgIpc) is 2.81. The Kier molecular flexibility index (Phi) is 6.78. The first-order chi connectivity index (χ1) is 15.6. The van der Waals surface area contributed by atoms with Gasteiger partial charge in [-0.2, -0.15) is 0 Å². The molecule has 2 N–H and O–H groups in total. The van der Waals surface area contributed by atoms with E-state index in [2.05, 4.69) is 17.4 Å². The summed E-state index contributed by atoms with van der Waals surface area (Å²) >= 11 is 7.96.